The van der Waals surface area contributed by atoms with Crippen LogP contribution in [0.1, 0.15) is 5.56 Å². The van der Waals surface area contributed by atoms with E-state index in [1.54, 1.807) is 14.2 Å². The second kappa shape index (κ2) is 5.45. The van der Waals surface area contributed by atoms with E-state index in [2.05, 4.69) is 0 Å². The van der Waals surface area contributed by atoms with E-state index in [0.29, 0.717) is 17.2 Å². The molecule has 2 aromatic rings. The molecule has 0 heterocycles. The molecule has 0 saturated heterocycles. The summed E-state index contributed by atoms with van der Waals surface area (Å²) in [5.41, 5.74) is 1.20. The number of hydrogen-bond donors (Lipinski definition) is 0. The van der Waals surface area contributed by atoms with Crippen LogP contribution in [0, 0.1) is 6.92 Å². The van der Waals surface area contributed by atoms with Gasteiger partial charge in [-0.25, -0.2) is 0 Å². The molecule has 0 spiro atoms. The number of aryl methyl sites for hydroxylation is 1. The van der Waals surface area contributed by atoms with Crippen molar-refractivity contribution in [3.05, 3.63) is 48.0 Å². The summed E-state index contributed by atoms with van der Waals surface area (Å²) in [5.74, 6) is 2.89. The first kappa shape index (κ1) is 12.3. The van der Waals surface area contributed by atoms with Crippen molar-refractivity contribution in [3.8, 4) is 23.0 Å². The summed E-state index contributed by atoms with van der Waals surface area (Å²) in [6, 6.07) is 13.3. The van der Waals surface area contributed by atoms with E-state index in [1.807, 2.05) is 49.4 Å². The lowest BCUT2D eigenvalue weighted by Crippen LogP contribution is -1.90. The number of methoxy groups -OCH3 is 2. The summed E-state index contributed by atoms with van der Waals surface area (Å²) in [4.78, 5) is 0. The fourth-order valence-electron chi connectivity index (χ4n) is 1.58. The summed E-state index contributed by atoms with van der Waals surface area (Å²) in [7, 11) is 3.23. The molecule has 94 valence electrons. The fraction of sp³-hybridized carbons (Fsp3) is 0.200. The number of ether oxygens (including phenoxy) is 3. The molecule has 0 unspecified atom stereocenters. The average Bonchev–Trinajstić information content (AvgIpc) is 2.41. The Morgan fingerprint density at radius 1 is 0.667 bits per heavy atom. The van der Waals surface area contributed by atoms with Gasteiger partial charge in [-0.15, -0.1) is 0 Å². The molecular weight excluding hydrogens is 228 g/mol. The van der Waals surface area contributed by atoms with Crippen LogP contribution in [0.4, 0.5) is 0 Å². The van der Waals surface area contributed by atoms with Crippen molar-refractivity contribution in [2.75, 3.05) is 14.2 Å². The third-order valence-electron chi connectivity index (χ3n) is 2.58. The van der Waals surface area contributed by atoms with Gasteiger partial charge in [-0.05, 0) is 19.1 Å². The maximum Gasteiger partial charge on any atom is 0.134 e. The Bertz CT molecular complexity index is 496. The zero-order valence-corrected chi connectivity index (χ0v) is 10.8. The smallest absolute Gasteiger partial charge is 0.134 e. The third-order valence-corrected chi connectivity index (χ3v) is 2.58. The minimum Gasteiger partial charge on any atom is -0.496 e. The molecule has 3 nitrogen and oxygen atoms in total. The SMILES string of the molecule is COc1cc(OC)cc(Oc2ccc(C)cc2)c1. The lowest BCUT2D eigenvalue weighted by atomic mass is 10.2. The van der Waals surface area contributed by atoms with Gasteiger partial charge in [-0.2, -0.15) is 0 Å². The van der Waals surface area contributed by atoms with Crippen molar-refractivity contribution in [1.82, 2.24) is 0 Å². The first-order chi connectivity index (χ1) is 8.71. The zero-order valence-electron chi connectivity index (χ0n) is 10.8. The van der Waals surface area contributed by atoms with Gasteiger partial charge in [0.15, 0.2) is 0 Å². The molecule has 0 aromatic heterocycles. The van der Waals surface area contributed by atoms with Crippen LogP contribution >= 0.6 is 0 Å². The Morgan fingerprint density at radius 3 is 1.67 bits per heavy atom. The van der Waals surface area contributed by atoms with Crippen LogP contribution in [0.25, 0.3) is 0 Å². The summed E-state index contributed by atoms with van der Waals surface area (Å²) in [6.45, 7) is 2.04. The predicted octanol–water partition coefficient (Wildman–Crippen LogP) is 3.80. The lowest BCUT2D eigenvalue weighted by molar-refractivity contribution is 0.386. The van der Waals surface area contributed by atoms with Crippen molar-refractivity contribution < 1.29 is 14.2 Å². The Labute approximate surface area is 107 Å². The highest BCUT2D eigenvalue weighted by atomic mass is 16.5. The molecule has 0 bridgehead atoms. The molecule has 0 aliphatic carbocycles. The summed E-state index contributed by atoms with van der Waals surface area (Å²) in [5, 5.41) is 0. The minimum atomic E-state index is 0.690. The highest BCUT2D eigenvalue weighted by Gasteiger charge is 2.04. The number of benzene rings is 2. The highest BCUT2D eigenvalue weighted by Crippen LogP contribution is 2.30. The molecule has 0 saturated carbocycles. The van der Waals surface area contributed by atoms with Crippen LogP contribution in [0.15, 0.2) is 42.5 Å². The normalized spacial score (nSPS) is 9.94. The molecule has 0 N–H and O–H groups in total. The van der Waals surface area contributed by atoms with E-state index < -0.39 is 0 Å². The second-order valence-electron chi connectivity index (χ2n) is 3.96. The van der Waals surface area contributed by atoms with Gasteiger partial charge in [0, 0.05) is 18.2 Å². The van der Waals surface area contributed by atoms with Crippen molar-refractivity contribution in [3.63, 3.8) is 0 Å². The monoisotopic (exact) mass is 244 g/mol. The minimum absolute atomic E-state index is 0.690. The molecule has 0 aliphatic rings. The second-order valence-corrected chi connectivity index (χ2v) is 3.96. The van der Waals surface area contributed by atoms with Crippen molar-refractivity contribution in [2.24, 2.45) is 0 Å². The Balaban J connectivity index is 2.25. The Kier molecular flexibility index (Phi) is 3.72. The van der Waals surface area contributed by atoms with E-state index in [9.17, 15) is 0 Å². The number of rotatable bonds is 4. The molecule has 0 radical (unpaired) electrons. The Morgan fingerprint density at radius 2 is 1.17 bits per heavy atom. The van der Waals surface area contributed by atoms with Crippen LogP contribution in [0.3, 0.4) is 0 Å². The van der Waals surface area contributed by atoms with E-state index in [4.69, 9.17) is 14.2 Å². The molecule has 3 heteroatoms. The lowest BCUT2D eigenvalue weighted by Gasteiger charge is -2.10. The Hall–Kier alpha value is -2.16. The van der Waals surface area contributed by atoms with Crippen molar-refractivity contribution >= 4 is 0 Å². The third kappa shape index (κ3) is 2.94. The predicted molar refractivity (Wildman–Crippen MR) is 70.8 cm³/mol. The molecule has 2 rings (SSSR count). The highest BCUT2D eigenvalue weighted by molar-refractivity contribution is 5.44. The van der Waals surface area contributed by atoms with Gasteiger partial charge in [0.2, 0.25) is 0 Å². The fourth-order valence-corrected chi connectivity index (χ4v) is 1.58. The maximum absolute atomic E-state index is 5.76. The van der Waals surface area contributed by atoms with Gasteiger partial charge in [0.05, 0.1) is 14.2 Å². The zero-order chi connectivity index (χ0) is 13.0. The van der Waals surface area contributed by atoms with Crippen molar-refractivity contribution in [2.45, 2.75) is 6.92 Å². The van der Waals surface area contributed by atoms with Gasteiger partial charge in [-0.3, -0.25) is 0 Å². The van der Waals surface area contributed by atoms with Gasteiger partial charge >= 0.3 is 0 Å². The number of hydrogen-bond acceptors (Lipinski definition) is 3. The topological polar surface area (TPSA) is 27.7 Å². The van der Waals surface area contributed by atoms with E-state index in [-0.39, 0.29) is 0 Å². The largest absolute Gasteiger partial charge is 0.496 e. The summed E-state index contributed by atoms with van der Waals surface area (Å²) in [6.07, 6.45) is 0. The molecule has 0 atom stereocenters. The molecule has 18 heavy (non-hydrogen) atoms. The summed E-state index contributed by atoms with van der Waals surface area (Å²) < 4.78 is 16.1. The molecule has 0 amide bonds. The van der Waals surface area contributed by atoms with E-state index in [0.717, 1.165) is 5.75 Å². The standard InChI is InChI=1S/C15H16O3/c1-11-4-6-12(7-5-11)18-15-9-13(16-2)8-14(10-15)17-3/h4-10H,1-3H3. The van der Waals surface area contributed by atoms with Crippen LogP contribution in [0.5, 0.6) is 23.0 Å². The van der Waals surface area contributed by atoms with Crippen LogP contribution in [-0.2, 0) is 0 Å². The van der Waals surface area contributed by atoms with E-state index >= 15 is 0 Å². The van der Waals surface area contributed by atoms with Crippen molar-refractivity contribution in [1.29, 1.82) is 0 Å². The quantitative estimate of drug-likeness (QED) is 0.818. The van der Waals surface area contributed by atoms with Gasteiger partial charge in [-0.1, -0.05) is 17.7 Å². The first-order valence-electron chi connectivity index (χ1n) is 5.69. The van der Waals surface area contributed by atoms with Crippen LogP contribution in [-0.4, -0.2) is 14.2 Å². The van der Waals surface area contributed by atoms with E-state index in [1.165, 1.54) is 5.56 Å². The first-order valence-corrected chi connectivity index (χ1v) is 5.69. The maximum atomic E-state index is 5.76. The molecule has 0 aliphatic heterocycles. The molecular formula is C15H16O3. The van der Waals surface area contributed by atoms with Gasteiger partial charge in [0.1, 0.15) is 23.0 Å². The van der Waals surface area contributed by atoms with Crippen LogP contribution in [0.2, 0.25) is 0 Å². The summed E-state index contributed by atoms with van der Waals surface area (Å²) >= 11 is 0. The average molecular weight is 244 g/mol. The van der Waals surface area contributed by atoms with Crippen LogP contribution < -0.4 is 14.2 Å². The van der Waals surface area contributed by atoms with Gasteiger partial charge in [0.25, 0.3) is 0 Å². The molecule has 0 fully saturated rings. The molecule has 2 aromatic carbocycles. The van der Waals surface area contributed by atoms with Gasteiger partial charge < -0.3 is 14.2 Å².